The van der Waals surface area contributed by atoms with Gasteiger partial charge in [-0.05, 0) is 32.3 Å². The maximum atomic E-state index is 4.20. The van der Waals surface area contributed by atoms with Gasteiger partial charge in [-0.1, -0.05) is 6.58 Å². The van der Waals surface area contributed by atoms with E-state index < -0.39 is 0 Å². The molecule has 1 heteroatoms. The lowest BCUT2D eigenvalue weighted by atomic mass is 10.2. The molecule has 0 aromatic heterocycles. The molecule has 0 radical (unpaired) electrons. The molecule has 0 bridgehead atoms. The molecule has 66 valence electrons. The van der Waals surface area contributed by atoms with Crippen molar-refractivity contribution in [1.29, 1.82) is 0 Å². The lowest BCUT2D eigenvalue weighted by Gasteiger charge is -1.91. The zero-order valence-corrected chi connectivity index (χ0v) is 8.06. The highest BCUT2D eigenvalue weighted by molar-refractivity contribution is 5.76. The van der Waals surface area contributed by atoms with E-state index in [2.05, 4.69) is 23.4 Å². The predicted molar refractivity (Wildman–Crippen MR) is 55.5 cm³/mol. The molecule has 0 saturated carbocycles. The molecule has 0 atom stereocenters. The maximum Gasteiger partial charge on any atom is 0.0389 e. The molecule has 0 aliphatic carbocycles. The molecule has 0 spiro atoms. The molecular formula is C11H17N. The van der Waals surface area contributed by atoms with Crippen LogP contribution in [-0.2, 0) is 0 Å². The third kappa shape index (κ3) is 8.97. The van der Waals surface area contributed by atoms with Crippen molar-refractivity contribution >= 4 is 6.21 Å². The summed E-state index contributed by atoms with van der Waals surface area (Å²) < 4.78 is 0. The van der Waals surface area contributed by atoms with E-state index in [1.807, 2.05) is 20.1 Å². The molecule has 0 fully saturated rings. The second-order valence-corrected chi connectivity index (χ2v) is 2.77. The van der Waals surface area contributed by atoms with Gasteiger partial charge in [-0.15, -0.1) is 11.8 Å². The Balaban J connectivity index is 3.19. The van der Waals surface area contributed by atoms with Crippen LogP contribution in [0.2, 0.25) is 0 Å². The number of nitrogens with zero attached hydrogens (tertiary/aromatic N) is 1. The standard InChI is InChI=1S/C11H17N/c1-4-5-6-7-8-9-12-10-11(2)3/h10H,2,6-9H2,1,3H3. The summed E-state index contributed by atoms with van der Waals surface area (Å²) in [4.78, 5) is 4.20. The molecule has 12 heavy (non-hydrogen) atoms. The second-order valence-electron chi connectivity index (χ2n) is 2.77. The molecule has 0 amide bonds. The molecule has 0 unspecified atom stereocenters. The minimum Gasteiger partial charge on any atom is -0.293 e. The fourth-order valence-electron chi connectivity index (χ4n) is 0.762. The first-order chi connectivity index (χ1) is 5.77. The fraction of sp³-hybridized carbons (Fsp3) is 0.545. The van der Waals surface area contributed by atoms with Gasteiger partial charge in [-0.2, -0.15) is 0 Å². The first-order valence-corrected chi connectivity index (χ1v) is 4.32. The Morgan fingerprint density at radius 2 is 2.25 bits per heavy atom. The molecule has 0 aliphatic rings. The third-order valence-corrected chi connectivity index (χ3v) is 1.33. The highest BCUT2D eigenvalue weighted by Gasteiger charge is 1.83. The van der Waals surface area contributed by atoms with Crippen LogP contribution in [-0.4, -0.2) is 12.8 Å². The Morgan fingerprint density at radius 3 is 2.83 bits per heavy atom. The minimum absolute atomic E-state index is 0.901. The summed E-state index contributed by atoms with van der Waals surface area (Å²) in [7, 11) is 0. The van der Waals surface area contributed by atoms with E-state index in [0.717, 1.165) is 31.4 Å². The summed E-state index contributed by atoms with van der Waals surface area (Å²) in [6, 6.07) is 0. The van der Waals surface area contributed by atoms with Crippen LogP contribution in [0.1, 0.15) is 33.1 Å². The van der Waals surface area contributed by atoms with E-state index >= 15 is 0 Å². The van der Waals surface area contributed by atoms with E-state index in [1.165, 1.54) is 0 Å². The Bertz CT molecular complexity index is 203. The molecule has 0 aliphatic heterocycles. The smallest absolute Gasteiger partial charge is 0.0389 e. The van der Waals surface area contributed by atoms with Crippen molar-refractivity contribution in [1.82, 2.24) is 0 Å². The summed E-state index contributed by atoms with van der Waals surface area (Å²) in [6.07, 6.45) is 5.09. The number of hydrogen-bond acceptors (Lipinski definition) is 1. The molecule has 0 aromatic rings. The van der Waals surface area contributed by atoms with Crippen LogP contribution >= 0.6 is 0 Å². The lowest BCUT2D eigenvalue weighted by Crippen LogP contribution is -1.83. The average Bonchev–Trinajstić information content (AvgIpc) is 2.02. The van der Waals surface area contributed by atoms with Crippen molar-refractivity contribution in [2.24, 2.45) is 4.99 Å². The van der Waals surface area contributed by atoms with E-state index in [4.69, 9.17) is 0 Å². The highest BCUT2D eigenvalue weighted by atomic mass is 14.7. The van der Waals surface area contributed by atoms with Gasteiger partial charge in [0.1, 0.15) is 0 Å². The van der Waals surface area contributed by atoms with Gasteiger partial charge in [-0.3, -0.25) is 4.99 Å². The minimum atomic E-state index is 0.901. The van der Waals surface area contributed by atoms with Gasteiger partial charge in [0.05, 0.1) is 0 Å². The SMILES string of the molecule is C=C(C)C=NCCCCC#CC. The lowest BCUT2D eigenvalue weighted by molar-refractivity contribution is 0.770. The number of hydrogen-bond donors (Lipinski definition) is 0. The molecule has 0 heterocycles. The van der Waals surface area contributed by atoms with Crippen molar-refractivity contribution in [2.45, 2.75) is 33.1 Å². The van der Waals surface area contributed by atoms with Gasteiger partial charge in [0.2, 0.25) is 0 Å². The average molecular weight is 163 g/mol. The van der Waals surface area contributed by atoms with E-state index in [9.17, 15) is 0 Å². The van der Waals surface area contributed by atoms with E-state index in [-0.39, 0.29) is 0 Å². The van der Waals surface area contributed by atoms with Gasteiger partial charge in [-0.25, -0.2) is 0 Å². The van der Waals surface area contributed by atoms with Crippen LogP contribution in [0.4, 0.5) is 0 Å². The Labute approximate surface area is 75.6 Å². The van der Waals surface area contributed by atoms with Crippen LogP contribution in [0.15, 0.2) is 17.1 Å². The van der Waals surface area contributed by atoms with Crippen LogP contribution in [0, 0.1) is 11.8 Å². The van der Waals surface area contributed by atoms with Crippen molar-refractivity contribution < 1.29 is 0 Å². The zero-order chi connectivity index (χ0) is 9.23. The Hall–Kier alpha value is -1.03. The van der Waals surface area contributed by atoms with Crippen molar-refractivity contribution in [2.75, 3.05) is 6.54 Å². The fourth-order valence-corrected chi connectivity index (χ4v) is 0.762. The number of allylic oxidation sites excluding steroid dienone is 1. The monoisotopic (exact) mass is 163 g/mol. The number of unbranched alkanes of at least 4 members (excludes halogenated alkanes) is 2. The highest BCUT2D eigenvalue weighted by Crippen LogP contribution is 1.94. The second kappa shape index (κ2) is 8.07. The quantitative estimate of drug-likeness (QED) is 0.336. The van der Waals surface area contributed by atoms with Crippen LogP contribution < -0.4 is 0 Å². The summed E-state index contributed by atoms with van der Waals surface area (Å²) in [5.74, 6) is 5.90. The van der Waals surface area contributed by atoms with Crippen molar-refractivity contribution in [3.63, 3.8) is 0 Å². The van der Waals surface area contributed by atoms with Crippen LogP contribution in [0.25, 0.3) is 0 Å². The van der Waals surface area contributed by atoms with E-state index in [0.29, 0.717) is 0 Å². The largest absolute Gasteiger partial charge is 0.293 e. The van der Waals surface area contributed by atoms with Crippen molar-refractivity contribution in [3.8, 4) is 11.8 Å². The normalized spacial score (nSPS) is 9.50. The van der Waals surface area contributed by atoms with Crippen LogP contribution in [0.5, 0.6) is 0 Å². The molecule has 0 saturated heterocycles. The third-order valence-electron chi connectivity index (χ3n) is 1.33. The summed E-state index contributed by atoms with van der Waals surface area (Å²) in [5.41, 5.74) is 1.02. The summed E-state index contributed by atoms with van der Waals surface area (Å²) in [6.45, 7) is 8.46. The van der Waals surface area contributed by atoms with Crippen molar-refractivity contribution in [3.05, 3.63) is 12.2 Å². The van der Waals surface area contributed by atoms with Crippen LogP contribution in [0.3, 0.4) is 0 Å². The Kier molecular flexibility index (Phi) is 7.38. The Morgan fingerprint density at radius 1 is 1.50 bits per heavy atom. The predicted octanol–water partition coefficient (Wildman–Crippen LogP) is 2.83. The maximum absolute atomic E-state index is 4.20. The molecule has 0 N–H and O–H groups in total. The summed E-state index contributed by atoms with van der Waals surface area (Å²) in [5, 5.41) is 0. The molecule has 1 nitrogen and oxygen atoms in total. The van der Waals surface area contributed by atoms with Gasteiger partial charge in [0.25, 0.3) is 0 Å². The number of aliphatic imine (C=N–C) groups is 1. The zero-order valence-electron chi connectivity index (χ0n) is 8.06. The number of rotatable bonds is 5. The first kappa shape index (κ1) is 11.0. The molecular weight excluding hydrogens is 146 g/mol. The van der Waals surface area contributed by atoms with Gasteiger partial charge in [0.15, 0.2) is 0 Å². The van der Waals surface area contributed by atoms with Gasteiger partial charge >= 0.3 is 0 Å². The molecule has 0 aromatic carbocycles. The topological polar surface area (TPSA) is 12.4 Å². The molecule has 0 rings (SSSR count). The first-order valence-electron chi connectivity index (χ1n) is 4.32. The summed E-state index contributed by atoms with van der Waals surface area (Å²) >= 11 is 0. The van der Waals surface area contributed by atoms with Gasteiger partial charge in [0, 0.05) is 19.2 Å². The van der Waals surface area contributed by atoms with Gasteiger partial charge < -0.3 is 0 Å². The van der Waals surface area contributed by atoms with E-state index in [1.54, 1.807) is 0 Å².